The molecule has 0 aromatic heterocycles. The highest BCUT2D eigenvalue weighted by Gasteiger charge is 2.49. The number of hydrogen-bond acceptors (Lipinski definition) is 3. The second-order valence-electron chi connectivity index (χ2n) is 7.02. The number of carbonyl (C=O) groups excluding carboxylic acids is 1. The third-order valence-corrected chi connectivity index (χ3v) is 5.39. The summed E-state index contributed by atoms with van der Waals surface area (Å²) in [6, 6.07) is 7.67. The maximum atomic E-state index is 13.3. The number of carbonyl (C=O) groups is 2. The molecule has 0 bridgehead atoms. The third-order valence-electron chi connectivity index (χ3n) is 5.39. The zero-order valence-corrected chi connectivity index (χ0v) is 14.3. The Kier molecular flexibility index (Phi) is 4.09. The summed E-state index contributed by atoms with van der Waals surface area (Å²) in [5.74, 6) is -2.48. The van der Waals surface area contributed by atoms with Crippen LogP contribution in [0.4, 0.5) is 14.5 Å². The van der Waals surface area contributed by atoms with Gasteiger partial charge in [-0.1, -0.05) is 0 Å². The van der Waals surface area contributed by atoms with Gasteiger partial charge in [0.05, 0.1) is 17.1 Å². The smallest absolute Gasteiger partial charge is 0.335 e. The van der Waals surface area contributed by atoms with Crippen molar-refractivity contribution in [3.05, 3.63) is 59.2 Å². The lowest BCUT2D eigenvalue weighted by atomic mass is 9.69. The number of fused-ring (bicyclic) bond motifs is 2. The topological polar surface area (TPSA) is 75.6 Å². The molecule has 0 radical (unpaired) electrons. The fourth-order valence-electron chi connectivity index (χ4n) is 4.03. The average molecular weight is 373 g/mol. The van der Waals surface area contributed by atoms with Crippen molar-refractivity contribution < 1.29 is 28.2 Å². The van der Waals surface area contributed by atoms with E-state index in [9.17, 15) is 23.5 Å². The minimum Gasteiger partial charge on any atom is -0.490 e. The van der Waals surface area contributed by atoms with Crippen molar-refractivity contribution in [3.8, 4) is 5.75 Å². The van der Waals surface area contributed by atoms with Crippen LogP contribution in [-0.4, -0.2) is 23.1 Å². The van der Waals surface area contributed by atoms with Gasteiger partial charge in [0, 0.05) is 23.9 Å². The minimum atomic E-state index is -1.04. The van der Waals surface area contributed by atoms with E-state index in [0.717, 1.165) is 18.2 Å². The predicted molar refractivity (Wildman–Crippen MR) is 93.0 cm³/mol. The van der Waals surface area contributed by atoms with Gasteiger partial charge in [-0.25, -0.2) is 13.6 Å². The molecule has 1 aliphatic carbocycles. The molecule has 1 heterocycles. The molecular weight excluding hydrogens is 356 g/mol. The molecule has 1 saturated carbocycles. The molecular formula is C20H17F2NO4. The summed E-state index contributed by atoms with van der Waals surface area (Å²) in [5.41, 5.74) is 0.686. The first kappa shape index (κ1) is 17.5. The number of hydrogen-bond donors (Lipinski definition) is 2. The Balaban J connectivity index is 1.54. The second-order valence-corrected chi connectivity index (χ2v) is 7.02. The number of carboxylic acids is 1. The van der Waals surface area contributed by atoms with Crippen molar-refractivity contribution in [2.75, 3.05) is 5.32 Å². The van der Waals surface area contributed by atoms with E-state index in [1.165, 1.54) is 6.07 Å². The van der Waals surface area contributed by atoms with Crippen molar-refractivity contribution in [1.29, 1.82) is 0 Å². The molecule has 7 heteroatoms. The normalized spacial score (nSPS) is 23.8. The Bertz CT molecular complexity index is 915. The van der Waals surface area contributed by atoms with Gasteiger partial charge in [-0.15, -0.1) is 0 Å². The lowest BCUT2D eigenvalue weighted by Crippen LogP contribution is -2.41. The van der Waals surface area contributed by atoms with Crippen LogP contribution in [0.25, 0.3) is 0 Å². The Morgan fingerprint density at radius 1 is 1.11 bits per heavy atom. The molecule has 1 fully saturated rings. The highest BCUT2D eigenvalue weighted by atomic mass is 19.1. The predicted octanol–water partition coefficient (Wildman–Crippen LogP) is 3.87. The summed E-state index contributed by atoms with van der Waals surface area (Å²) in [5, 5.41) is 12.1. The van der Waals surface area contributed by atoms with Crippen LogP contribution >= 0.6 is 0 Å². The number of aromatic carboxylic acids is 1. The Morgan fingerprint density at radius 3 is 2.41 bits per heavy atom. The molecule has 5 nitrogen and oxygen atoms in total. The van der Waals surface area contributed by atoms with Crippen LogP contribution < -0.4 is 10.1 Å². The minimum absolute atomic E-state index is 0.123. The first-order valence-electron chi connectivity index (χ1n) is 8.69. The van der Waals surface area contributed by atoms with Gasteiger partial charge >= 0.3 is 5.97 Å². The van der Waals surface area contributed by atoms with E-state index in [2.05, 4.69) is 5.32 Å². The molecule has 1 spiro atoms. The van der Waals surface area contributed by atoms with Gasteiger partial charge in [0.25, 0.3) is 0 Å². The van der Waals surface area contributed by atoms with E-state index in [4.69, 9.17) is 4.74 Å². The van der Waals surface area contributed by atoms with Gasteiger partial charge in [-0.3, -0.25) is 4.79 Å². The Labute approximate surface area is 154 Å². The molecule has 1 aliphatic heterocycles. The highest BCUT2D eigenvalue weighted by molar-refractivity contribution is 6.07. The summed E-state index contributed by atoms with van der Waals surface area (Å²) in [6.07, 6.45) is 1.70. The molecule has 0 atom stereocenters. The van der Waals surface area contributed by atoms with Crippen LogP contribution in [0.15, 0.2) is 36.4 Å². The number of amides is 1. The number of rotatable bonds is 3. The van der Waals surface area contributed by atoms with Crippen LogP contribution in [0.5, 0.6) is 5.75 Å². The summed E-state index contributed by atoms with van der Waals surface area (Å²) in [6.45, 7) is 0. The van der Waals surface area contributed by atoms with Crippen LogP contribution in [-0.2, 0) is 10.2 Å². The van der Waals surface area contributed by atoms with E-state index in [1.54, 1.807) is 12.1 Å². The fraction of sp³-hybridized carbons (Fsp3) is 0.300. The van der Waals surface area contributed by atoms with Gasteiger partial charge in [-0.2, -0.15) is 0 Å². The maximum Gasteiger partial charge on any atom is 0.335 e. The van der Waals surface area contributed by atoms with Gasteiger partial charge < -0.3 is 15.2 Å². The zero-order chi connectivity index (χ0) is 19.2. The average Bonchev–Trinajstić information content (AvgIpc) is 2.87. The number of benzene rings is 2. The van der Waals surface area contributed by atoms with Crippen LogP contribution in [0.3, 0.4) is 0 Å². The van der Waals surface area contributed by atoms with E-state index in [-0.39, 0.29) is 23.3 Å². The van der Waals surface area contributed by atoms with Crippen LogP contribution in [0.1, 0.15) is 41.6 Å². The second kappa shape index (κ2) is 6.33. The number of halogens is 2. The largest absolute Gasteiger partial charge is 0.490 e. The third kappa shape index (κ3) is 3.03. The summed E-state index contributed by atoms with van der Waals surface area (Å²) >= 11 is 0. The van der Waals surface area contributed by atoms with Crippen molar-refractivity contribution >= 4 is 17.6 Å². The molecule has 1 amide bonds. The lowest BCUT2D eigenvalue weighted by Gasteiger charge is -2.35. The Hall–Kier alpha value is -2.96. The number of nitrogens with one attached hydrogen (secondary N) is 1. The van der Waals surface area contributed by atoms with E-state index in [1.807, 2.05) is 0 Å². The van der Waals surface area contributed by atoms with Crippen molar-refractivity contribution in [3.63, 3.8) is 0 Å². The summed E-state index contributed by atoms with van der Waals surface area (Å²) < 4.78 is 32.3. The number of carboxylic acid groups (broad SMARTS) is 1. The molecule has 140 valence electrons. The Morgan fingerprint density at radius 2 is 1.78 bits per heavy atom. The zero-order valence-electron chi connectivity index (χ0n) is 14.3. The molecule has 27 heavy (non-hydrogen) atoms. The fourth-order valence-corrected chi connectivity index (χ4v) is 4.03. The highest BCUT2D eigenvalue weighted by Crippen LogP contribution is 2.48. The number of anilines is 1. The molecule has 0 unspecified atom stereocenters. The first-order chi connectivity index (χ1) is 12.9. The first-order valence-corrected chi connectivity index (χ1v) is 8.69. The van der Waals surface area contributed by atoms with Gasteiger partial charge in [0.15, 0.2) is 0 Å². The van der Waals surface area contributed by atoms with Crippen molar-refractivity contribution in [2.24, 2.45) is 0 Å². The molecule has 2 aromatic rings. The summed E-state index contributed by atoms with van der Waals surface area (Å²) in [7, 11) is 0. The molecule has 2 N–H and O–H groups in total. The molecule has 4 rings (SSSR count). The molecule has 2 aliphatic rings. The van der Waals surface area contributed by atoms with Gasteiger partial charge in [0.1, 0.15) is 17.4 Å². The van der Waals surface area contributed by atoms with Crippen LogP contribution in [0, 0.1) is 11.6 Å². The van der Waals surface area contributed by atoms with Crippen LogP contribution in [0.2, 0.25) is 0 Å². The standard InChI is InChI=1S/C20H17F2NO4/c21-12-8-13(22)10-15(9-12)27-14-3-5-20(6-4-14)16-7-11(18(24)25)1-2-17(16)23-19(20)26/h1-2,7-10,14H,3-6H2,(H,23,26)(H,24,25). The SMILES string of the molecule is O=C(O)c1ccc2c(c1)C1(CCC(Oc3cc(F)cc(F)c3)CC1)C(=O)N2. The molecule has 2 aromatic carbocycles. The summed E-state index contributed by atoms with van der Waals surface area (Å²) in [4.78, 5) is 23.9. The van der Waals surface area contributed by atoms with Gasteiger partial charge in [0.2, 0.25) is 5.91 Å². The number of ether oxygens (including phenoxy) is 1. The van der Waals surface area contributed by atoms with E-state index >= 15 is 0 Å². The van der Waals surface area contributed by atoms with Gasteiger partial charge in [-0.05, 0) is 49.4 Å². The van der Waals surface area contributed by atoms with E-state index < -0.39 is 23.0 Å². The van der Waals surface area contributed by atoms with Crippen molar-refractivity contribution in [1.82, 2.24) is 0 Å². The lowest BCUT2D eigenvalue weighted by molar-refractivity contribution is -0.122. The molecule has 0 saturated heterocycles. The van der Waals surface area contributed by atoms with Crippen molar-refractivity contribution in [2.45, 2.75) is 37.2 Å². The quantitative estimate of drug-likeness (QED) is 0.856. The monoisotopic (exact) mass is 373 g/mol. The van der Waals surface area contributed by atoms with E-state index in [0.29, 0.717) is 36.9 Å². The maximum absolute atomic E-state index is 13.3.